The summed E-state index contributed by atoms with van der Waals surface area (Å²) in [6.45, 7) is 6.44. The average Bonchev–Trinajstić information content (AvgIpc) is 3.16. The molecule has 3 aromatic rings. The van der Waals surface area contributed by atoms with E-state index in [0.717, 1.165) is 16.9 Å². The summed E-state index contributed by atoms with van der Waals surface area (Å²) in [5, 5.41) is 5.72. The van der Waals surface area contributed by atoms with Crippen molar-refractivity contribution in [2.75, 3.05) is 16.8 Å². The van der Waals surface area contributed by atoms with Gasteiger partial charge >= 0.3 is 0 Å². The smallest absolute Gasteiger partial charge is 0.266 e. The molecule has 0 aromatic heterocycles. The van der Waals surface area contributed by atoms with Gasteiger partial charge in [-0.15, -0.1) is 0 Å². The molecular weight excluding hydrogens is 470 g/mol. The summed E-state index contributed by atoms with van der Waals surface area (Å²) in [7, 11) is 0. The molecule has 0 bridgehead atoms. The zero-order chi connectivity index (χ0) is 26.5. The predicted molar refractivity (Wildman–Crippen MR) is 141 cm³/mol. The number of ether oxygens (including phenoxy) is 1. The van der Waals surface area contributed by atoms with Gasteiger partial charge in [-0.2, -0.15) is 0 Å². The molecule has 3 aromatic carbocycles. The highest BCUT2D eigenvalue weighted by molar-refractivity contribution is 6.34. The number of amides is 4. The van der Waals surface area contributed by atoms with Crippen LogP contribution in [0.15, 0.2) is 66.7 Å². The van der Waals surface area contributed by atoms with Crippen LogP contribution in [0.25, 0.3) is 0 Å². The molecular formula is C29H29N3O5. The number of hydrogen-bond acceptors (Lipinski definition) is 5. The van der Waals surface area contributed by atoms with Gasteiger partial charge in [0.25, 0.3) is 17.7 Å². The Labute approximate surface area is 215 Å². The fraction of sp³-hybridized carbons (Fsp3) is 0.241. The third kappa shape index (κ3) is 5.53. The fourth-order valence-corrected chi connectivity index (χ4v) is 3.97. The van der Waals surface area contributed by atoms with Gasteiger partial charge in [-0.05, 0) is 73.5 Å². The minimum absolute atomic E-state index is 0.0553. The second kappa shape index (κ2) is 11.1. The summed E-state index contributed by atoms with van der Waals surface area (Å²) in [5.74, 6) is -0.804. The Morgan fingerprint density at radius 1 is 0.919 bits per heavy atom. The molecule has 8 heteroatoms. The van der Waals surface area contributed by atoms with Crippen LogP contribution in [-0.4, -0.2) is 30.2 Å². The lowest BCUT2D eigenvalue weighted by Crippen LogP contribution is -2.29. The number of anilines is 2. The maximum absolute atomic E-state index is 13.1. The maximum atomic E-state index is 13.1. The number of nitrogens with zero attached hydrogens (tertiary/aromatic N) is 1. The van der Waals surface area contributed by atoms with Crippen LogP contribution in [0.2, 0.25) is 0 Å². The third-order valence-electron chi connectivity index (χ3n) is 6.26. The molecule has 1 heterocycles. The number of imide groups is 1. The summed E-state index contributed by atoms with van der Waals surface area (Å²) in [4.78, 5) is 52.1. The van der Waals surface area contributed by atoms with Crippen molar-refractivity contribution in [2.24, 2.45) is 5.92 Å². The van der Waals surface area contributed by atoms with Crippen LogP contribution in [0, 0.1) is 5.92 Å². The van der Waals surface area contributed by atoms with E-state index >= 15 is 0 Å². The van der Waals surface area contributed by atoms with Crippen LogP contribution in [-0.2, 0) is 11.3 Å². The number of fused-ring (bicyclic) bond motifs is 1. The van der Waals surface area contributed by atoms with Crippen LogP contribution in [0.4, 0.5) is 11.4 Å². The van der Waals surface area contributed by atoms with Crippen molar-refractivity contribution >= 4 is 35.0 Å². The molecule has 190 valence electrons. The van der Waals surface area contributed by atoms with Gasteiger partial charge in [0.15, 0.2) is 0 Å². The standard InChI is InChI=1S/C29H29N3O5/c1-4-18(3)26(33)31-21-8-6-7-19(15-21)17-30-27(34)20-9-14-24-25(16-20)29(36)32(28(24)35)22-10-12-23(13-11-22)37-5-2/h6-16,18H,4-5,17H2,1-3H3,(H,30,34)(H,31,33). The van der Waals surface area contributed by atoms with Crippen molar-refractivity contribution in [1.82, 2.24) is 5.32 Å². The lowest BCUT2D eigenvalue weighted by atomic mass is 10.1. The van der Waals surface area contributed by atoms with E-state index in [1.807, 2.05) is 32.9 Å². The van der Waals surface area contributed by atoms with E-state index in [2.05, 4.69) is 10.6 Å². The van der Waals surface area contributed by atoms with E-state index in [0.29, 0.717) is 23.7 Å². The van der Waals surface area contributed by atoms with E-state index in [1.54, 1.807) is 36.4 Å². The fourth-order valence-electron chi connectivity index (χ4n) is 3.97. The third-order valence-corrected chi connectivity index (χ3v) is 6.26. The number of rotatable bonds is 9. The number of nitrogens with one attached hydrogen (secondary N) is 2. The van der Waals surface area contributed by atoms with Crippen molar-refractivity contribution in [1.29, 1.82) is 0 Å². The van der Waals surface area contributed by atoms with Crippen molar-refractivity contribution in [3.8, 4) is 5.75 Å². The van der Waals surface area contributed by atoms with Gasteiger partial charge in [0.2, 0.25) is 5.91 Å². The van der Waals surface area contributed by atoms with Crippen molar-refractivity contribution in [2.45, 2.75) is 33.7 Å². The minimum atomic E-state index is -0.483. The van der Waals surface area contributed by atoms with E-state index in [9.17, 15) is 19.2 Å². The lowest BCUT2D eigenvalue weighted by Gasteiger charge is -2.14. The van der Waals surface area contributed by atoms with Gasteiger partial charge < -0.3 is 15.4 Å². The average molecular weight is 500 g/mol. The zero-order valence-corrected chi connectivity index (χ0v) is 21.0. The lowest BCUT2D eigenvalue weighted by molar-refractivity contribution is -0.119. The largest absolute Gasteiger partial charge is 0.494 e. The molecule has 4 amide bonds. The van der Waals surface area contributed by atoms with Gasteiger partial charge in [0.1, 0.15) is 5.75 Å². The van der Waals surface area contributed by atoms with Crippen LogP contribution < -0.4 is 20.3 Å². The normalized spacial score (nSPS) is 13.2. The highest BCUT2D eigenvalue weighted by Gasteiger charge is 2.37. The first-order valence-electron chi connectivity index (χ1n) is 12.3. The van der Waals surface area contributed by atoms with Crippen LogP contribution in [0.5, 0.6) is 5.75 Å². The first-order chi connectivity index (χ1) is 17.8. The Hall–Kier alpha value is -4.46. The van der Waals surface area contributed by atoms with Gasteiger partial charge in [-0.3, -0.25) is 19.2 Å². The predicted octanol–water partition coefficient (Wildman–Crippen LogP) is 4.80. The Kier molecular flexibility index (Phi) is 7.67. The molecule has 0 saturated carbocycles. The number of benzene rings is 3. The van der Waals surface area contributed by atoms with Crippen molar-refractivity contribution in [3.05, 3.63) is 89.0 Å². The SMILES string of the molecule is CCOc1ccc(N2C(=O)c3ccc(C(=O)NCc4cccc(NC(=O)C(C)CC)c4)cc3C2=O)cc1. The molecule has 2 N–H and O–H groups in total. The summed E-state index contributed by atoms with van der Waals surface area (Å²) < 4.78 is 5.42. The van der Waals surface area contributed by atoms with Crippen molar-refractivity contribution in [3.63, 3.8) is 0 Å². The molecule has 8 nitrogen and oxygen atoms in total. The van der Waals surface area contributed by atoms with E-state index in [-0.39, 0.29) is 41.0 Å². The van der Waals surface area contributed by atoms with E-state index < -0.39 is 11.8 Å². The van der Waals surface area contributed by atoms with Crippen LogP contribution in [0.3, 0.4) is 0 Å². The number of hydrogen-bond donors (Lipinski definition) is 2. The molecule has 1 aliphatic heterocycles. The highest BCUT2D eigenvalue weighted by atomic mass is 16.5. The Morgan fingerprint density at radius 2 is 1.65 bits per heavy atom. The number of carbonyl (C=O) groups excluding carboxylic acids is 4. The Bertz CT molecular complexity index is 1350. The summed E-state index contributed by atoms with van der Waals surface area (Å²) in [6, 6.07) is 18.4. The first-order valence-corrected chi connectivity index (χ1v) is 12.3. The Balaban J connectivity index is 1.44. The van der Waals surface area contributed by atoms with Gasteiger partial charge in [0.05, 0.1) is 23.4 Å². The van der Waals surface area contributed by atoms with Gasteiger partial charge in [-0.25, -0.2) is 4.90 Å². The molecule has 0 spiro atoms. The molecule has 0 saturated heterocycles. The van der Waals surface area contributed by atoms with Gasteiger partial charge in [0, 0.05) is 23.7 Å². The minimum Gasteiger partial charge on any atom is -0.494 e. The number of carbonyl (C=O) groups is 4. The first kappa shape index (κ1) is 25.6. The highest BCUT2D eigenvalue weighted by Crippen LogP contribution is 2.30. The molecule has 4 rings (SSSR count). The maximum Gasteiger partial charge on any atom is 0.266 e. The van der Waals surface area contributed by atoms with Crippen LogP contribution >= 0.6 is 0 Å². The molecule has 37 heavy (non-hydrogen) atoms. The molecule has 0 fully saturated rings. The second-order valence-corrected chi connectivity index (χ2v) is 8.81. The van der Waals surface area contributed by atoms with Crippen LogP contribution in [0.1, 0.15) is 63.8 Å². The van der Waals surface area contributed by atoms with Crippen molar-refractivity contribution < 1.29 is 23.9 Å². The zero-order valence-electron chi connectivity index (χ0n) is 21.0. The molecule has 0 radical (unpaired) electrons. The summed E-state index contributed by atoms with van der Waals surface area (Å²) in [5.41, 5.74) is 2.61. The molecule has 1 unspecified atom stereocenters. The summed E-state index contributed by atoms with van der Waals surface area (Å²) in [6.07, 6.45) is 0.744. The summed E-state index contributed by atoms with van der Waals surface area (Å²) >= 11 is 0. The Morgan fingerprint density at radius 3 is 2.35 bits per heavy atom. The van der Waals surface area contributed by atoms with E-state index in [1.165, 1.54) is 18.2 Å². The molecule has 1 atom stereocenters. The van der Waals surface area contributed by atoms with E-state index in [4.69, 9.17) is 4.74 Å². The molecule has 1 aliphatic rings. The second-order valence-electron chi connectivity index (χ2n) is 8.81. The topological polar surface area (TPSA) is 105 Å². The quantitative estimate of drug-likeness (QED) is 0.412. The van der Waals surface area contributed by atoms with Gasteiger partial charge in [-0.1, -0.05) is 26.0 Å². The monoisotopic (exact) mass is 499 g/mol. The molecule has 0 aliphatic carbocycles.